The molecule has 0 bridgehead atoms. The molecule has 0 amide bonds. The van der Waals surface area contributed by atoms with E-state index in [2.05, 4.69) is 9.97 Å². The fourth-order valence-electron chi connectivity index (χ4n) is 1.47. The van der Waals surface area contributed by atoms with Crippen molar-refractivity contribution >= 4 is 23.4 Å². The number of aromatic nitrogens is 2. The summed E-state index contributed by atoms with van der Waals surface area (Å²) in [6, 6.07) is 7.85. The molecule has 0 fully saturated rings. The molecule has 0 aliphatic heterocycles. The number of benzene rings is 1. The van der Waals surface area contributed by atoms with Crippen molar-refractivity contribution in [3.63, 3.8) is 0 Å². The van der Waals surface area contributed by atoms with Crippen molar-refractivity contribution in [2.75, 3.05) is 11.5 Å². The second-order valence-electron chi connectivity index (χ2n) is 3.81. The average Bonchev–Trinajstić information content (AvgIpc) is 2.28. The van der Waals surface area contributed by atoms with E-state index in [4.69, 9.17) is 11.5 Å². The smallest absolute Gasteiger partial charge is 0.192 e. The normalized spacial score (nSPS) is 12.3. The molecule has 2 aromatic rings. The topological polar surface area (TPSA) is 77.8 Å². The third kappa shape index (κ3) is 3.10. The Morgan fingerprint density at radius 1 is 1.11 bits per heavy atom. The number of nitrogens with zero attached hydrogens (tertiary/aromatic N) is 2. The third-order valence-electron chi connectivity index (χ3n) is 2.37. The molecule has 4 nitrogen and oxygen atoms in total. The molecule has 0 radical (unpaired) electrons. The van der Waals surface area contributed by atoms with E-state index in [1.807, 2.05) is 6.92 Å². The minimum atomic E-state index is -0.250. The number of hydrogen-bond donors (Lipinski definition) is 2. The molecule has 0 unspecified atom stereocenters. The zero-order valence-corrected chi connectivity index (χ0v) is 10.6. The highest BCUT2D eigenvalue weighted by molar-refractivity contribution is 7.99. The van der Waals surface area contributed by atoms with E-state index in [9.17, 15) is 4.39 Å². The Kier molecular flexibility index (Phi) is 3.66. The Morgan fingerprint density at radius 2 is 1.67 bits per heavy atom. The van der Waals surface area contributed by atoms with Crippen molar-refractivity contribution < 1.29 is 4.39 Å². The highest BCUT2D eigenvalue weighted by Crippen LogP contribution is 2.33. The molecular formula is C12H13FN4S. The minimum absolute atomic E-state index is 0.0896. The summed E-state index contributed by atoms with van der Waals surface area (Å²) in [5.41, 5.74) is 12.2. The number of nitrogen functional groups attached to an aromatic ring is 2. The number of rotatable bonds is 3. The van der Waals surface area contributed by atoms with Gasteiger partial charge in [-0.2, -0.15) is 0 Å². The lowest BCUT2D eigenvalue weighted by Crippen LogP contribution is -2.00. The highest BCUT2D eigenvalue weighted by Gasteiger charge is 2.10. The standard InChI is InChI=1S/C12H13FN4S/c1-7(8-2-4-9(13)5-3-8)18-12-16-10(14)6-11(15)17-12/h2-7H,1H3,(H4,14,15,16,17)/t7-/m0/s1. The number of anilines is 2. The van der Waals surface area contributed by atoms with Crippen LogP contribution in [0.5, 0.6) is 0 Å². The van der Waals surface area contributed by atoms with Crippen molar-refractivity contribution in [1.82, 2.24) is 9.97 Å². The van der Waals surface area contributed by atoms with E-state index in [0.29, 0.717) is 16.8 Å². The fourth-order valence-corrected chi connectivity index (χ4v) is 2.40. The van der Waals surface area contributed by atoms with E-state index in [1.165, 1.54) is 30.0 Å². The van der Waals surface area contributed by atoms with Gasteiger partial charge >= 0.3 is 0 Å². The van der Waals surface area contributed by atoms with Crippen LogP contribution in [0.2, 0.25) is 0 Å². The maximum absolute atomic E-state index is 12.8. The summed E-state index contributed by atoms with van der Waals surface area (Å²) in [6.07, 6.45) is 0. The number of nitrogens with two attached hydrogens (primary N) is 2. The van der Waals surface area contributed by atoms with Gasteiger partial charge in [-0.15, -0.1) is 0 Å². The molecule has 0 saturated heterocycles. The SMILES string of the molecule is C[C@H](Sc1nc(N)cc(N)n1)c1ccc(F)cc1. The van der Waals surface area contributed by atoms with Crippen molar-refractivity contribution in [3.05, 3.63) is 41.7 Å². The first kappa shape index (κ1) is 12.6. The van der Waals surface area contributed by atoms with Gasteiger partial charge in [-0.1, -0.05) is 23.9 Å². The lowest BCUT2D eigenvalue weighted by atomic mass is 10.2. The van der Waals surface area contributed by atoms with Gasteiger partial charge in [0, 0.05) is 11.3 Å². The van der Waals surface area contributed by atoms with Gasteiger partial charge in [0.2, 0.25) is 0 Å². The van der Waals surface area contributed by atoms with Crippen LogP contribution in [0.25, 0.3) is 0 Å². The van der Waals surface area contributed by atoms with Crippen LogP contribution in [0.15, 0.2) is 35.5 Å². The van der Waals surface area contributed by atoms with E-state index >= 15 is 0 Å². The first-order valence-electron chi connectivity index (χ1n) is 5.37. The average molecular weight is 264 g/mol. The van der Waals surface area contributed by atoms with Crippen LogP contribution in [-0.2, 0) is 0 Å². The van der Waals surface area contributed by atoms with Crippen molar-refractivity contribution in [2.24, 2.45) is 0 Å². The maximum atomic E-state index is 12.8. The van der Waals surface area contributed by atoms with E-state index in [0.717, 1.165) is 5.56 Å². The van der Waals surface area contributed by atoms with Gasteiger partial charge in [-0.25, -0.2) is 14.4 Å². The van der Waals surface area contributed by atoms with Gasteiger partial charge in [0.25, 0.3) is 0 Å². The van der Waals surface area contributed by atoms with Gasteiger partial charge in [0.05, 0.1) is 0 Å². The quantitative estimate of drug-likeness (QED) is 0.658. The van der Waals surface area contributed by atoms with Crippen molar-refractivity contribution in [3.8, 4) is 0 Å². The van der Waals surface area contributed by atoms with Crippen LogP contribution in [0.4, 0.5) is 16.0 Å². The van der Waals surface area contributed by atoms with Crippen molar-refractivity contribution in [1.29, 1.82) is 0 Å². The summed E-state index contributed by atoms with van der Waals surface area (Å²) < 4.78 is 12.8. The van der Waals surface area contributed by atoms with Gasteiger partial charge in [-0.05, 0) is 24.6 Å². The van der Waals surface area contributed by atoms with Crippen LogP contribution >= 0.6 is 11.8 Å². The molecule has 0 saturated carbocycles. The monoisotopic (exact) mass is 264 g/mol. The largest absolute Gasteiger partial charge is 0.383 e. The molecule has 94 valence electrons. The van der Waals surface area contributed by atoms with Crippen molar-refractivity contribution in [2.45, 2.75) is 17.3 Å². The van der Waals surface area contributed by atoms with E-state index < -0.39 is 0 Å². The zero-order valence-electron chi connectivity index (χ0n) is 9.80. The summed E-state index contributed by atoms with van der Waals surface area (Å²) in [5, 5.41) is 0.608. The lowest BCUT2D eigenvalue weighted by Gasteiger charge is -2.10. The molecule has 4 N–H and O–H groups in total. The Bertz CT molecular complexity index is 524. The molecule has 0 aliphatic rings. The first-order chi connectivity index (χ1) is 8.54. The van der Waals surface area contributed by atoms with Gasteiger partial charge in [-0.3, -0.25) is 0 Å². The third-order valence-corrected chi connectivity index (χ3v) is 3.39. The second-order valence-corrected chi connectivity index (χ2v) is 5.12. The number of hydrogen-bond acceptors (Lipinski definition) is 5. The van der Waals surface area contributed by atoms with E-state index in [-0.39, 0.29) is 11.1 Å². The van der Waals surface area contributed by atoms with Gasteiger partial charge in [0.15, 0.2) is 5.16 Å². The maximum Gasteiger partial charge on any atom is 0.192 e. The zero-order chi connectivity index (χ0) is 13.1. The molecule has 1 aromatic heterocycles. The Balaban J connectivity index is 2.15. The summed E-state index contributed by atoms with van der Waals surface area (Å²) in [5.74, 6) is 0.438. The van der Waals surface area contributed by atoms with Crippen LogP contribution in [0, 0.1) is 5.82 Å². The summed E-state index contributed by atoms with van der Waals surface area (Å²) >= 11 is 1.43. The van der Waals surface area contributed by atoms with Crippen LogP contribution < -0.4 is 11.5 Å². The molecule has 1 heterocycles. The minimum Gasteiger partial charge on any atom is -0.383 e. The number of thioether (sulfide) groups is 1. The molecule has 0 aliphatic carbocycles. The predicted octanol–water partition coefficient (Wildman–Crippen LogP) is 2.63. The molecule has 1 aromatic carbocycles. The second kappa shape index (κ2) is 5.22. The predicted molar refractivity (Wildman–Crippen MR) is 71.5 cm³/mol. The highest BCUT2D eigenvalue weighted by atomic mass is 32.2. The molecular weight excluding hydrogens is 251 g/mol. The molecule has 1 atom stereocenters. The Morgan fingerprint density at radius 3 is 2.22 bits per heavy atom. The fraction of sp³-hybridized carbons (Fsp3) is 0.167. The molecule has 0 spiro atoms. The number of halogens is 1. The summed E-state index contributed by atoms with van der Waals surface area (Å²) in [6.45, 7) is 1.99. The molecule has 18 heavy (non-hydrogen) atoms. The van der Waals surface area contributed by atoms with E-state index in [1.54, 1.807) is 12.1 Å². The Labute approximate surface area is 109 Å². The van der Waals surface area contributed by atoms with Crippen LogP contribution in [-0.4, -0.2) is 9.97 Å². The van der Waals surface area contributed by atoms with Crippen LogP contribution in [0.1, 0.15) is 17.7 Å². The van der Waals surface area contributed by atoms with Gasteiger partial charge < -0.3 is 11.5 Å². The first-order valence-corrected chi connectivity index (χ1v) is 6.24. The summed E-state index contributed by atoms with van der Waals surface area (Å²) in [4.78, 5) is 8.19. The molecule has 2 rings (SSSR count). The Hall–Kier alpha value is -1.82. The van der Waals surface area contributed by atoms with Crippen LogP contribution in [0.3, 0.4) is 0 Å². The molecule has 6 heteroatoms. The summed E-state index contributed by atoms with van der Waals surface area (Å²) in [7, 11) is 0. The lowest BCUT2D eigenvalue weighted by molar-refractivity contribution is 0.627. The van der Waals surface area contributed by atoms with Gasteiger partial charge in [0.1, 0.15) is 17.5 Å².